The molecule has 0 saturated carbocycles. The molecule has 0 amide bonds. The van der Waals surface area contributed by atoms with Crippen LogP contribution in [0.25, 0.3) is 0 Å². The molecule has 1 aliphatic heterocycles. The van der Waals surface area contributed by atoms with Gasteiger partial charge in [0.05, 0.1) is 19.4 Å². The molecule has 0 aromatic heterocycles. The van der Waals surface area contributed by atoms with Crippen LogP contribution in [0.4, 0.5) is 26.3 Å². The Kier molecular flexibility index (Phi) is 22.5. The standard InChI is InChI=1S/C8H16F2.C8H15FO.C7H14F2.C7H15F.2CH4/c1-5-8(9,10)6-7(2,3)4;1-7(2,3)4-8(9)5-10-6-8;1-6(2,3)5-7(4,8)9;1-6(8)5-7(2,3)4;;/h5-6H2,1-4H3;4-6H2,1-3H3;5H2,1-4H3;6H,5H2,1-4H3;2*1H4. The first-order valence-corrected chi connectivity index (χ1v) is 13.5. The van der Waals surface area contributed by atoms with Gasteiger partial charge >= 0.3 is 0 Å². The highest BCUT2D eigenvalue weighted by atomic mass is 19.3. The molecule has 1 unspecified atom stereocenters. The summed E-state index contributed by atoms with van der Waals surface area (Å²) in [6.07, 6.45) is 0.503. The Bertz CT molecular complexity index is 543. The van der Waals surface area contributed by atoms with E-state index in [1.807, 2.05) is 83.1 Å². The van der Waals surface area contributed by atoms with E-state index in [2.05, 4.69) is 0 Å². The van der Waals surface area contributed by atoms with Gasteiger partial charge in [0.2, 0.25) is 11.8 Å². The van der Waals surface area contributed by atoms with Crippen LogP contribution in [0, 0.1) is 21.7 Å². The fraction of sp³-hybridized carbons (Fsp3) is 1.00. The monoisotopic (exact) mass is 583 g/mol. The lowest BCUT2D eigenvalue weighted by Crippen LogP contribution is -2.47. The van der Waals surface area contributed by atoms with Gasteiger partial charge in [-0.25, -0.2) is 26.3 Å². The van der Waals surface area contributed by atoms with Gasteiger partial charge in [0.25, 0.3) is 0 Å². The maximum Gasteiger partial charge on any atom is 0.248 e. The van der Waals surface area contributed by atoms with Crippen LogP contribution in [0.3, 0.4) is 0 Å². The Morgan fingerprint density at radius 1 is 0.667 bits per heavy atom. The fourth-order valence-corrected chi connectivity index (χ4v) is 4.05. The molecule has 0 aliphatic carbocycles. The van der Waals surface area contributed by atoms with E-state index >= 15 is 0 Å². The Morgan fingerprint density at radius 2 is 1.03 bits per heavy atom. The van der Waals surface area contributed by atoms with Crippen molar-refractivity contribution in [3.63, 3.8) is 0 Å². The maximum atomic E-state index is 13.3. The van der Waals surface area contributed by atoms with Crippen molar-refractivity contribution >= 4 is 0 Å². The Balaban J connectivity index is -0.000000130. The molecule has 1 atom stereocenters. The summed E-state index contributed by atoms with van der Waals surface area (Å²) in [5.74, 6) is -4.99. The molecule has 1 heterocycles. The van der Waals surface area contributed by atoms with E-state index in [0.717, 1.165) is 6.92 Å². The Labute approximate surface area is 240 Å². The molecule has 39 heavy (non-hydrogen) atoms. The van der Waals surface area contributed by atoms with Crippen molar-refractivity contribution in [1.82, 2.24) is 0 Å². The van der Waals surface area contributed by atoms with E-state index in [9.17, 15) is 26.3 Å². The molecule has 7 heteroatoms. The maximum absolute atomic E-state index is 13.3. The molecule has 1 fully saturated rings. The van der Waals surface area contributed by atoms with Crippen LogP contribution in [0.15, 0.2) is 0 Å². The van der Waals surface area contributed by atoms with Crippen LogP contribution in [-0.4, -0.2) is 36.9 Å². The van der Waals surface area contributed by atoms with Gasteiger partial charge < -0.3 is 4.74 Å². The topological polar surface area (TPSA) is 9.23 Å². The van der Waals surface area contributed by atoms with Gasteiger partial charge in [-0.15, -0.1) is 0 Å². The van der Waals surface area contributed by atoms with Gasteiger partial charge in [-0.3, -0.25) is 0 Å². The average molecular weight is 583 g/mol. The van der Waals surface area contributed by atoms with Crippen LogP contribution >= 0.6 is 0 Å². The summed E-state index contributed by atoms with van der Waals surface area (Å²) in [6, 6.07) is 0. The van der Waals surface area contributed by atoms with Crippen LogP contribution in [0.5, 0.6) is 0 Å². The summed E-state index contributed by atoms with van der Waals surface area (Å²) in [7, 11) is 0. The van der Waals surface area contributed by atoms with E-state index in [1.54, 1.807) is 6.92 Å². The third kappa shape index (κ3) is 42.2. The molecular formula is C32H68F6O. The number of ether oxygens (including phenoxy) is 1. The smallest absolute Gasteiger partial charge is 0.248 e. The fourth-order valence-electron chi connectivity index (χ4n) is 4.05. The molecule has 1 rings (SSSR count). The van der Waals surface area contributed by atoms with Gasteiger partial charge in [0, 0.05) is 19.3 Å². The summed E-state index contributed by atoms with van der Waals surface area (Å²) < 4.78 is 80.0. The molecule has 1 saturated heterocycles. The highest BCUT2D eigenvalue weighted by Gasteiger charge is 2.41. The number of hydrogen-bond acceptors (Lipinski definition) is 1. The van der Waals surface area contributed by atoms with Crippen molar-refractivity contribution in [3.8, 4) is 0 Å². The highest BCUT2D eigenvalue weighted by molar-refractivity contribution is 4.89. The summed E-state index contributed by atoms with van der Waals surface area (Å²) in [6.45, 7) is 27.9. The van der Waals surface area contributed by atoms with Crippen LogP contribution in [0.2, 0.25) is 0 Å². The molecule has 0 spiro atoms. The number of halogens is 6. The zero-order chi connectivity index (χ0) is 30.7. The minimum Gasteiger partial charge on any atom is -0.375 e. The third-order valence-corrected chi connectivity index (χ3v) is 4.61. The lowest BCUT2D eigenvalue weighted by Gasteiger charge is -2.38. The molecule has 1 aliphatic rings. The summed E-state index contributed by atoms with van der Waals surface area (Å²) >= 11 is 0. The molecule has 1 nitrogen and oxygen atoms in total. The number of alkyl halides is 6. The van der Waals surface area contributed by atoms with E-state index in [0.29, 0.717) is 26.1 Å². The Hall–Kier alpha value is -0.460. The van der Waals surface area contributed by atoms with Gasteiger partial charge in [0.15, 0.2) is 5.67 Å². The second-order valence-electron chi connectivity index (χ2n) is 15.7. The molecule has 0 N–H and O–H groups in total. The van der Waals surface area contributed by atoms with Gasteiger partial charge in [0.1, 0.15) is 0 Å². The second-order valence-corrected chi connectivity index (χ2v) is 15.7. The van der Waals surface area contributed by atoms with Crippen molar-refractivity contribution in [1.29, 1.82) is 0 Å². The molecule has 0 radical (unpaired) electrons. The average Bonchev–Trinajstić information content (AvgIpc) is 2.45. The summed E-state index contributed by atoms with van der Waals surface area (Å²) in [5, 5.41) is 0. The number of rotatable bonds is 5. The first-order chi connectivity index (χ1) is 15.8. The van der Waals surface area contributed by atoms with Crippen molar-refractivity contribution < 1.29 is 31.1 Å². The first kappa shape index (κ1) is 48.3. The molecular weight excluding hydrogens is 514 g/mol. The van der Waals surface area contributed by atoms with Gasteiger partial charge in [-0.2, -0.15) is 0 Å². The third-order valence-electron chi connectivity index (χ3n) is 4.61. The first-order valence-electron chi connectivity index (χ1n) is 13.5. The second kappa shape index (κ2) is 18.2. The van der Waals surface area contributed by atoms with Crippen molar-refractivity contribution in [2.75, 3.05) is 13.2 Å². The van der Waals surface area contributed by atoms with Gasteiger partial charge in [-0.1, -0.05) is 105 Å². The van der Waals surface area contributed by atoms with E-state index < -0.39 is 23.7 Å². The quantitative estimate of drug-likeness (QED) is 0.293. The van der Waals surface area contributed by atoms with Crippen molar-refractivity contribution in [3.05, 3.63) is 0 Å². The van der Waals surface area contributed by atoms with Crippen molar-refractivity contribution in [2.24, 2.45) is 21.7 Å². The summed E-state index contributed by atoms with van der Waals surface area (Å²) in [5.41, 5.74) is -1.32. The lowest BCUT2D eigenvalue weighted by atomic mass is 9.82. The molecule has 0 aromatic carbocycles. The zero-order valence-electron chi connectivity index (χ0n) is 26.7. The lowest BCUT2D eigenvalue weighted by molar-refractivity contribution is -0.145. The normalized spacial score (nSPS) is 16.2. The SMILES string of the molecule is C.C.CC(C)(C)CC(C)(F)F.CC(C)(C)CC1(F)COC1.CC(F)CC(C)(C)C.CCC(F)(F)CC(C)(C)C. The highest BCUT2D eigenvalue weighted by Crippen LogP contribution is 2.35. The zero-order valence-corrected chi connectivity index (χ0v) is 26.7. The van der Waals surface area contributed by atoms with Crippen LogP contribution < -0.4 is 0 Å². The molecule has 0 aromatic rings. The molecule has 244 valence electrons. The van der Waals surface area contributed by atoms with Crippen LogP contribution in [0.1, 0.15) is 151 Å². The van der Waals surface area contributed by atoms with E-state index in [-0.39, 0.29) is 55.8 Å². The molecule has 0 bridgehead atoms. The van der Waals surface area contributed by atoms with Crippen molar-refractivity contribution in [2.45, 2.75) is 174 Å². The van der Waals surface area contributed by atoms with Gasteiger partial charge in [-0.05, 0) is 48.3 Å². The predicted molar refractivity (Wildman–Crippen MR) is 161 cm³/mol. The van der Waals surface area contributed by atoms with E-state index in [4.69, 9.17) is 4.74 Å². The Morgan fingerprint density at radius 3 is 1.08 bits per heavy atom. The van der Waals surface area contributed by atoms with Crippen LogP contribution in [-0.2, 0) is 4.74 Å². The minimum absolute atomic E-state index is 0. The summed E-state index contributed by atoms with van der Waals surface area (Å²) in [4.78, 5) is 0. The number of hydrogen-bond donors (Lipinski definition) is 0. The minimum atomic E-state index is -2.52. The van der Waals surface area contributed by atoms with E-state index in [1.165, 1.54) is 6.92 Å². The predicted octanol–water partition coefficient (Wildman–Crippen LogP) is 12.8. The largest absolute Gasteiger partial charge is 0.375 e.